The highest BCUT2D eigenvalue weighted by molar-refractivity contribution is 5.93. The summed E-state index contributed by atoms with van der Waals surface area (Å²) in [6.07, 6.45) is 2.03. The second-order valence-electron chi connectivity index (χ2n) is 7.97. The smallest absolute Gasteiger partial charge is 0.326 e. The van der Waals surface area contributed by atoms with E-state index in [1.165, 1.54) is 4.90 Å². The Labute approximate surface area is 182 Å². The molecule has 1 aromatic carbocycles. The summed E-state index contributed by atoms with van der Waals surface area (Å²) in [5, 5.41) is 14.5. The van der Waals surface area contributed by atoms with Gasteiger partial charge in [-0.15, -0.1) is 0 Å². The predicted molar refractivity (Wildman–Crippen MR) is 115 cm³/mol. The molecule has 1 heterocycles. The topological polar surface area (TPSA) is 142 Å². The third kappa shape index (κ3) is 6.78. The zero-order valence-corrected chi connectivity index (χ0v) is 18.0. The van der Waals surface area contributed by atoms with Gasteiger partial charge in [-0.1, -0.05) is 50.6 Å². The number of carboxylic acids is 1. The van der Waals surface area contributed by atoms with E-state index in [4.69, 9.17) is 5.73 Å². The summed E-state index contributed by atoms with van der Waals surface area (Å²) >= 11 is 0. The molecule has 31 heavy (non-hydrogen) atoms. The molecule has 2 rings (SSSR count). The van der Waals surface area contributed by atoms with E-state index in [1.807, 2.05) is 37.3 Å². The van der Waals surface area contributed by atoms with Crippen molar-refractivity contribution in [1.82, 2.24) is 15.5 Å². The van der Waals surface area contributed by atoms with Crippen LogP contribution in [0.15, 0.2) is 30.3 Å². The van der Waals surface area contributed by atoms with Crippen LogP contribution in [-0.4, -0.2) is 64.9 Å². The van der Waals surface area contributed by atoms with Crippen molar-refractivity contribution in [3.05, 3.63) is 35.9 Å². The number of carbonyl (C=O) groups excluding carboxylic acids is 3. The number of nitrogens with two attached hydrogens (primary N) is 1. The Morgan fingerprint density at radius 1 is 1.23 bits per heavy atom. The fourth-order valence-corrected chi connectivity index (χ4v) is 3.63. The minimum atomic E-state index is -1.10. The average molecular weight is 433 g/mol. The standard InChI is InChI=1S/C22H32N4O5/c1-3-14(2)19(22(30)31)25-21(29)17-10-7-11-26(17)18(27)13-24-20(28)16(23)12-15-8-5-4-6-9-15/h4-6,8-9,14,16-17,19H,3,7,10-13,23H2,1-2H3,(H,24,28)(H,25,29)(H,30,31)/t14-,16-,17-,19-/m0/s1. The van der Waals surface area contributed by atoms with Gasteiger partial charge < -0.3 is 26.4 Å². The highest BCUT2D eigenvalue weighted by Gasteiger charge is 2.36. The Morgan fingerprint density at radius 2 is 1.90 bits per heavy atom. The van der Waals surface area contributed by atoms with Gasteiger partial charge >= 0.3 is 5.97 Å². The first-order chi connectivity index (χ1) is 14.7. The molecule has 3 amide bonds. The number of nitrogens with one attached hydrogen (secondary N) is 2. The summed E-state index contributed by atoms with van der Waals surface area (Å²) in [5.41, 5.74) is 6.85. The van der Waals surface area contributed by atoms with Crippen LogP contribution in [0.1, 0.15) is 38.7 Å². The van der Waals surface area contributed by atoms with Gasteiger partial charge in [0, 0.05) is 6.54 Å². The molecular weight excluding hydrogens is 400 g/mol. The number of aliphatic carboxylic acids is 1. The van der Waals surface area contributed by atoms with Crippen LogP contribution < -0.4 is 16.4 Å². The van der Waals surface area contributed by atoms with Crippen molar-refractivity contribution in [1.29, 1.82) is 0 Å². The molecule has 5 N–H and O–H groups in total. The third-order valence-electron chi connectivity index (χ3n) is 5.70. The van der Waals surface area contributed by atoms with E-state index in [2.05, 4.69) is 10.6 Å². The Morgan fingerprint density at radius 3 is 2.52 bits per heavy atom. The van der Waals surface area contributed by atoms with E-state index in [1.54, 1.807) is 6.92 Å². The van der Waals surface area contributed by atoms with Gasteiger partial charge in [0.25, 0.3) is 0 Å². The van der Waals surface area contributed by atoms with Crippen molar-refractivity contribution >= 4 is 23.7 Å². The molecule has 0 unspecified atom stereocenters. The molecule has 1 fully saturated rings. The van der Waals surface area contributed by atoms with Gasteiger partial charge in [-0.05, 0) is 30.7 Å². The molecule has 0 radical (unpaired) electrons. The molecule has 0 aromatic heterocycles. The van der Waals surface area contributed by atoms with E-state index in [9.17, 15) is 24.3 Å². The molecule has 1 aliphatic rings. The number of amides is 3. The van der Waals surface area contributed by atoms with Crippen molar-refractivity contribution < 1.29 is 24.3 Å². The number of nitrogens with zero attached hydrogens (tertiary/aromatic N) is 1. The molecule has 9 heteroatoms. The summed E-state index contributed by atoms with van der Waals surface area (Å²) in [6.45, 7) is 3.72. The quantitative estimate of drug-likeness (QED) is 0.418. The van der Waals surface area contributed by atoms with Crippen molar-refractivity contribution in [2.45, 2.75) is 57.7 Å². The molecule has 1 saturated heterocycles. The lowest BCUT2D eigenvalue weighted by Crippen LogP contribution is -2.54. The first-order valence-corrected chi connectivity index (χ1v) is 10.6. The lowest BCUT2D eigenvalue weighted by atomic mass is 9.99. The van der Waals surface area contributed by atoms with E-state index in [0.29, 0.717) is 32.2 Å². The highest BCUT2D eigenvalue weighted by Crippen LogP contribution is 2.18. The van der Waals surface area contributed by atoms with Crippen molar-refractivity contribution in [3.63, 3.8) is 0 Å². The van der Waals surface area contributed by atoms with Gasteiger partial charge in [0.2, 0.25) is 17.7 Å². The van der Waals surface area contributed by atoms with Crippen LogP contribution in [0.4, 0.5) is 0 Å². The number of benzene rings is 1. The van der Waals surface area contributed by atoms with Gasteiger partial charge in [-0.25, -0.2) is 4.79 Å². The number of hydrogen-bond donors (Lipinski definition) is 4. The third-order valence-corrected chi connectivity index (χ3v) is 5.70. The Bertz CT molecular complexity index is 785. The van der Waals surface area contributed by atoms with Gasteiger partial charge in [-0.2, -0.15) is 0 Å². The van der Waals surface area contributed by atoms with E-state index in [-0.39, 0.29) is 12.5 Å². The van der Waals surface area contributed by atoms with Gasteiger partial charge in [0.15, 0.2) is 0 Å². The van der Waals surface area contributed by atoms with Crippen LogP contribution in [0, 0.1) is 5.92 Å². The summed E-state index contributed by atoms with van der Waals surface area (Å²) < 4.78 is 0. The van der Waals surface area contributed by atoms with E-state index >= 15 is 0 Å². The maximum absolute atomic E-state index is 12.7. The SMILES string of the molecule is CC[C@H](C)[C@H](NC(=O)[C@@H]1CCCN1C(=O)CNC(=O)[C@@H](N)Cc1ccccc1)C(=O)O. The fourth-order valence-electron chi connectivity index (χ4n) is 3.63. The normalized spacial score (nSPS) is 18.7. The molecule has 0 aliphatic carbocycles. The molecule has 1 aromatic rings. The molecule has 0 bridgehead atoms. The largest absolute Gasteiger partial charge is 0.480 e. The summed E-state index contributed by atoms with van der Waals surface area (Å²) in [6, 6.07) is 6.79. The zero-order valence-electron chi connectivity index (χ0n) is 18.0. The second kappa shape index (κ2) is 11.5. The fraction of sp³-hybridized carbons (Fsp3) is 0.545. The van der Waals surface area contributed by atoms with Crippen LogP contribution in [0.2, 0.25) is 0 Å². The summed E-state index contributed by atoms with van der Waals surface area (Å²) in [4.78, 5) is 50.4. The van der Waals surface area contributed by atoms with Crippen LogP contribution in [0.3, 0.4) is 0 Å². The van der Waals surface area contributed by atoms with Crippen LogP contribution >= 0.6 is 0 Å². The second-order valence-corrected chi connectivity index (χ2v) is 7.97. The first kappa shape index (κ1) is 24.3. The number of hydrogen-bond acceptors (Lipinski definition) is 5. The van der Waals surface area contributed by atoms with Crippen molar-refractivity contribution in [2.24, 2.45) is 11.7 Å². The number of carboxylic acid groups (broad SMARTS) is 1. The highest BCUT2D eigenvalue weighted by atomic mass is 16.4. The maximum Gasteiger partial charge on any atom is 0.326 e. The molecule has 4 atom stereocenters. The molecule has 170 valence electrons. The molecule has 0 spiro atoms. The van der Waals surface area contributed by atoms with Gasteiger partial charge in [0.1, 0.15) is 12.1 Å². The minimum absolute atomic E-state index is 0.239. The Balaban J connectivity index is 1.89. The van der Waals surface area contributed by atoms with Crippen molar-refractivity contribution in [3.8, 4) is 0 Å². The number of rotatable bonds is 10. The van der Waals surface area contributed by atoms with E-state index in [0.717, 1.165) is 5.56 Å². The zero-order chi connectivity index (χ0) is 23.0. The molecular formula is C22H32N4O5. The average Bonchev–Trinajstić information content (AvgIpc) is 3.25. The number of carbonyl (C=O) groups is 4. The number of likely N-dealkylation sites (tertiary alicyclic amines) is 1. The van der Waals surface area contributed by atoms with Gasteiger partial charge in [-0.3, -0.25) is 14.4 Å². The van der Waals surface area contributed by atoms with Crippen LogP contribution in [-0.2, 0) is 25.6 Å². The monoisotopic (exact) mass is 432 g/mol. The minimum Gasteiger partial charge on any atom is -0.480 e. The molecule has 9 nitrogen and oxygen atoms in total. The van der Waals surface area contributed by atoms with Gasteiger partial charge in [0.05, 0.1) is 12.6 Å². The first-order valence-electron chi connectivity index (χ1n) is 10.6. The maximum atomic E-state index is 12.7. The molecule has 1 aliphatic heterocycles. The summed E-state index contributed by atoms with van der Waals surface area (Å²) in [7, 11) is 0. The predicted octanol–water partition coefficient (Wildman–Crippen LogP) is 0.279. The van der Waals surface area contributed by atoms with E-state index < -0.39 is 41.8 Å². The van der Waals surface area contributed by atoms with Crippen LogP contribution in [0.25, 0.3) is 0 Å². The molecule has 0 saturated carbocycles. The van der Waals surface area contributed by atoms with Crippen molar-refractivity contribution in [2.75, 3.05) is 13.1 Å². The van der Waals surface area contributed by atoms with Crippen LogP contribution in [0.5, 0.6) is 0 Å². The lowest BCUT2D eigenvalue weighted by Gasteiger charge is -2.27. The summed E-state index contributed by atoms with van der Waals surface area (Å²) in [5.74, 6) is -2.66. The lowest BCUT2D eigenvalue weighted by molar-refractivity contribution is -0.145. The Kier molecular flexibility index (Phi) is 8.99. The Hall–Kier alpha value is -2.94.